The molecular formula is C12H17F2N. The summed E-state index contributed by atoms with van der Waals surface area (Å²) in [6.07, 6.45) is 0. The van der Waals surface area contributed by atoms with E-state index >= 15 is 0 Å². The van der Waals surface area contributed by atoms with Gasteiger partial charge in [-0.2, -0.15) is 0 Å². The van der Waals surface area contributed by atoms with Gasteiger partial charge in [0.25, 0.3) is 0 Å². The monoisotopic (exact) mass is 213 g/mol. The smallest absolute Gasteiger partial charge is 0.130 e. The van der Waals surface area contributed by atoms with Crippen molar-refractivity contribution in [1.82, 2.24) is 5.32 Å². The second kappa shape index (κ2) is 5.21. The zero-order chi connectivity index (χ0) is 11.4. The molecule has 1 atom stereocenters. The van der Waals surface area contributed by atoms with Crippen molar-refractivity contribution < 1.29 is 8.78 Å². The van der Waals surface area contributed by atoms with Gasteiger partial charge in [0.1, 0.15) is 11.6 Å². The van der Waals surface area contributed by atoms with Crippen molar-refractivity contribution in [2.75, 3.05) is 6.54 Å². The molecule has 15 heavy (non-hydrogen) atoms. The van der Waals surface area contributed by atoms with Crippen LogP contribution in [0.25, 0.3) is 0 Å². The van der Waals surface area contributed by atoms with E-state index in [1.807, 2.05) is 20.8 Å². The molecule has 0 saturated heterocycles. The molecule has 0 radical (unpaired) electrons. The van der Waals surface area contributed by atoms with Crippen molar-refractivity contribution in [2.24, 2.45) is 5.92 Å². The molecule has 0 heterocycles. The van der Waals surface area contributed by atoms with Gasteiger partial charge in [-0.3, -0.25) is 0 Å². The number of hydrogen-bond acceptors (Lipinski definition) is 1. The summed E-state index contributed by atoms with van der Waals surface area (Å²) in [6, 6.07) is 3.71. The van der Waals surface area contributed by atoms with Crippen molar-refractivity contribution in [2.45, 2.75) is 26.8 Å². The minimum Gasteiger partial charge on any atom is -0.310 e. The summed E-state index contributed by atoms with van der Waals surface area (Å²) >= 11 is 0. The van der Waals surface area contributed by atoms with Crippen molar-refractivity contribution in [3.05, 3.63) is 35.4 Å². The number of benzene rings is 1. The van der Waals surface area contributed by atoms with Gasteiger partial charge in [0.15, 0.2) is 0 Å². The second-order valence-electron chi connectivity index (χ2n) is 3.91. The topological polar surface area (TPSA) is 12.0 Å². The summed E-state index contributed by atoms with van der Waals surface area (Å²) in [5.41, 5.74) is 0.148. The number of halogens is 2. The number of nitrogens with one attached hydrogen (secondary N) is 1. The van der Waals surface area contributed by atoms with Crippen molar-refractivity contribution in [3.8, 4) is 0 Å². The second-order valence-corrected chi connectivity index (χ2v) is 3.91. The lowest BCUT2D eigenvalue weighted by Gasteiger charge is -2.23. The highest BCUT2D eigenvalue weighted by molar-refractivity contribution is 5.23. The van der Waals surface area contributed by atoms with Crippen LogP contribution < -0.4 is 5.32 Å². The van der Waals surface area contributed by atoms with Gasteiger partial charge in [0, 0.05) is 11.6 Å². The van der Waals surface area contributed by atoms with E-state index in [0.29, 0.717) is 6.54 Å². The van der Waals surface area contributed by atoms with Gasteiger partial charge >= 0.3 is 0 Å². The van der Waals surface area contributed by atoms with E-state index in [1.54, 1.807) is 0 Å². The quantitative estimate of drug-likeness (QED) is 0.809. The van der Waals surface area contributed by atoms with Crippen LogP contribution in [-0.2, 0) is 0 Å². The third-order valence-electron chi connectivity index (χ3n) is 2.40. The molecule has 1 N–H and O–H groups in total. The summed E-state index contributed by atoms with van der Waals surface area (Å²) in [6.45, 7) is 6.50. The van der Waals surface area contributed by atoms with Crippen LogP contribution in [0.15, 0.2) is 18.2 Å². The van der Waals surface area contributed by atoms with Gasteiger partial charge < -0.3 is 5.32 Å². The molecule has 1 aromatic carbocycles. The zero-order valence-electron chi connectivity index (χ0n) is 9.35. The molecule has 0 saturated carbocycles. The summed E-state index contributed by atoms with van der Waals surface area (Å²) in [5, 5.41) is 3.10. The van der Waals surface area contributed by atoms with Gasteiger partial charge in [0.05, 0.1) is 0 Å². The van der Waals surface area contributed by atoms with Gasteiger partial charge in [-0.05, 0) is 24.6 Å². The molecule has 1 aromatic rings. The average Bonchev–Trinajstić information content (AvgIpc) is 2.15. The van der Waals surface area contributed by atoms with Crippen molar-refractivity contribution in [1.29, 1.82) is 0 Å². The molecule has 0 fully saturated rings. The molecule has 1 rings (SSSR count). The lowest BCUT2D eigenvalue weighted by molar-refractivity contribution is 0.388. The average molecular weight is 213 g/mol. The standard InChI is InChI=1S/C12H17F2N/c1-4-15-12(8(2)3)11-9(13)6-5-7-10(11)14/h5-8,12,15H,4H2,1-3H3. The Hall–Kier alpha value is -0.960. The van der Waals surface area contributed by atoms with E-state index < -0.39 is 11.6 Å². The third-order valence-corrected chi connectivity index (χ3v) is 2.40. The SMILES string of the molecule is CCNC(c1c(F)cccc1F)C(C)C. The molecule has 1 nitrogen and oxygen atoms in total. The molecule has 84 valence electrons. The van der Waals surface area contributed by atoms with E-state index in [4.69, 9.17) is 0 Å². The van der Waals surface area contributed by atoms with Crippen LogP contribution in [0.3, 0.4) is 0 Å². The molecule has 0 spiro atoms. The Morgan fingerprint density at radius 2 is 1.73 bits per heavy atom. The Balaban J connectivity index is 3.10. The Bertz CT molecular complexity index is 303. The third kappa shape index (κ3) is 2.75. The molecule has 0 aliphatic carbocycles. The van der Waals surface area contributed by atoms with Gasteiger partial charge in [-0.25, -0.2) is 8.78 Å². The summed E-state index contributed by atoms with van der Waals surface area (Å²) in [4.78, 5) is 0. The fourth-order valence-electron chi connectivity index (χ4n) is 1.70. The predicted octanol–water partition coefficient (Wildman–Crippen LogP) is 3.27. The van der Waals surface area contributed by atoms with E-state index in [1.165, 1.54) is 18.2 Å². The van der Waals surface area contributed by atoms with Gasteiger partial charge in [-0.15, -0.1) is 0 Å². The van der Waals surface area contributed by atoms with Crippen molar-refractivity contribution in [3.63, 3.8) is 0 Å². The van der Waals surface area contributed by atoms with Crippen LogP contribution in [-0.4, -0.2) is 6.54 Å². The van der Waals surface area contributed by atoms with Crippen LogP contribution in [0.5, 0.6) is 0 Å². The first kappa shape index (κ1) is 12.1. The summed E-state index contributed by atoms with van der Waals surface area (Å²) in [5.74, 6) is -0.805. The lowest BCUT2D eigenvalue weighted by atomic mass is 9.95. The first-order chi connectivity index (χ1) is 7.07. The Kier molecular flexibility index (Phi) is 4.21. The molecule has 0 aromatic heterocycles. The normalized spacial score (nSPS) is 13.2. The highest BCUT2D eigenvalue weighted by Gasteiger charge is 2.21. The zero-order valence-corrected chi connectivity index (χ0v) is 9.35. The van der Waals surface area contributed by atoms with Crippen molar-refractivity contribution >= 4 is 0 Å². The maximum atomic E-state index is 13.5. The Morgan fingerprint density at radius 3 is 2.13 bits per heavy atom. The van der Waals surface area contributed by atoms with Gasteiger partial charge in [-0.1, -0.05) is 26.8 Å². The summed E-state index contributed by atoms with van der Waals surface area (Å²) in [7, 11) is 0. The van der Waals surface area contributed by atoms with Crippen LogP contribution in [0.1, 0.15) is 32.4 Å². The van der Waals surface area contributed by atoms with E-state index in [9.17, 15) is 8.78 Å². The summed E-state index contributed by atoms with van der Waals surface area (Å²) < 4.78 is 27.0. The lowest BCUT2D eigenvalue weighted by Crippen LogP contribution is -2.27. The number of hydrogen-bond donors (Lipinski definition) is 1. The highest BCUT2D eigenvalue weighted by atomic mass is 19.1. The maximum Gasteiger partial charge on any atom is 0.130 e. The van der Waals surface area contributed by atoms with Crippen LogP contribution >= 0.6 is 0 Å². The molecule has 0 aliphatic rings. The minimum absolute atomic E-state index is 0.148. The fraction of sp³-hybridized carbons (Fsp3) is 0.500. The molecular weight excluding hydrogens is 196 g/mol. The fourth-order valence-corrected chi connectivity index (χ4v) is 1.70. The Morgan fingerprint density at radius 1 is 1.20 bits per heavy atom. The maximum absolute atomic E-state index is 13.5. The van der Waals surface area contributed by atoms with E-state index in [0.717, 1.165) is 0 Å². The van der Waals surface area contributed by atoms with Crippen LogP contribution in [0.4, 0.5) is 8.78 Å². The number of rotatable bonds is 4. The predicted molar refractivity (Wildman–Crippen MR) is 57.6 cm³/mol. The minimum atomic E-state index is -0.477. The molecule has 0 bridgehead atoms. The van der Waals surface area contributed by atoms with Crippen LogP contribution in [0, 0.1) is 17.6 Å². The van der Waals surface area contributed by atoms with E-state index in [-0.39, 0.29) is 17.5 Å². The first-order valence-corrected chi connectivity index (χ1v) is 5.25. The van der Waals surface area contributed by atoms with Crippen LogP contribution in [0.2, 0.25) is 0 Å². The first-order valence-electron chi connectivity index (χ1n) is 5.25. The van der Waals surface area contributed by atoms with E-state index in [2.05, 4.69) is 5.32 Å². The largest absolute Gasteiger partial charge is 0.310 e. The Labute approximate surface area is 89.5 Å². The molecule has 0 aliphatic heterocycles. The molecule has 3 heteroatoms. The molecule has 1 unspecified atom stereocenters. The van der Waals surface area contributed by atoms with Gasteiger partial charge in [0.2, 0.25) is 0 Å². The molecule has 0 amide bonds. The highest BCUT2D eigenvalue weighted by Crippen LogP contribution is 2.26.